The molecule has 1 aliphatic carbocycles. The van der Waals surface area contributed by atoms with Crippen LogP contribution < -0.4 is 0 Å². The molecule has 0 atom stereocenters. The Labute approximate surface area is 94.2 Å². The average Bonchev–Trinajstić information content (AvgIpc) is 2.82. The van der Waals surface area contributed by atoms with Crippen molar-refractivity contribution in [2.45, 2.75) is 31.6 Å². The molecule has 0 bridgehead atoms. The maximum atomic E-state index is 9.92. The fraction of sp³-hybridized carbons (Fsp3) is 0.385. The van der Waals surface area contributed by atoms with Crippen LogP contribution >= 0.6 is 0 Å². The molecule has 1 N–H and O–H groups in total. The first-order chi connectivity index (χ1) is 7.84. The molecule has 1 heterocycles. The van der Waals surface area contributed by atoms with Crippen LogP contribution in [0.15, 0.2) is 24.7 Å². The summed E-state index contributed by atoms with van der Waals surface area (Å²) in [6, 6.07) is 3.98. The summed E-state index contributed by atoms with van der Waals surface area (Å²) in [5.41, 5.74) is 1.88. The molecule has 0 saturated heterocycles. The van der Waals surface area contributed by atoms with E-state index in [-0.39, 0.29) is 5.75 Å². The number of benzene rings is 1. The lowest BCUT2D eigenvalue weighted by atomic mass is 9.96. The zero-order chi connectivity index (χ0) is 11.0. The Morgan fingerprint density at radius 3 is 2.81 bits per heavy atom. The highest BCUT2D eigenvalue weighted by molar-refractivity contribution is 5.84. The molecule has 1 fully saturated rings. The molecule has 0 aliphatic heterocycles. The third-order valence-electron chi connectivity index (χ3n) is 3.44. The fourth-order valence-corrected chi connectivity index (χ4v) is 2.60. The molecule has 0 radical (unpaired) electrons. The molecule has 3 nitrogen and oxygen atoms in total. The summed E-state index contributed by atoms with van der Waals surface area (Å²) in [5, 5.41) is 10.9. The van der Waals surface area contributed by atoms with Gasteiger partial charge in [0, 0.05) is 11.6 Å². The molecular formula is C13H14N2O. The highest BCUT2D eigenvalue weighted by atomic mass is 16.3. The van der Waals surface area contributed by atoms with E-state index in [2.05, 4.69) is 16.0 Å². The molecule has 3 heteroatoms. The van der Waals surface area contributed by atoms with Gasteiger partial charge in [-0.1, -0.05) is 12.8 Å². The second-order valence-electron chi connectivity index (χ2n) is 4.48. The minimum atomic E-state index is 0.279. The van der Waals surface area contributed by atoms with Gasteiger partial charge >= 0.3 is 0 Å². The minimum Gasteiger partial charge on any atom is -0.506 e. The van der Waals surface area contributed by atoms with E-state index >= 15 is 0 Å². The maximum absolute atomic E-state index is 9.92. The number of aromatic nitrogens is 2. The zero-order valence-electron chi connectivity index (χ0n) is 9.06. The largest absolute Gasteiger partial charge is 0.506 e. The predicted octanol–water partition coefficient (Wildman–Crippen LogP) is 2.99. The van der Waals surface area contributed by atoms with Gasteiger partial charge in [0.25, 0.3) is 0 Å². The molecule has 0 amide bonds. The lowest BCUT2D eigenvalue weighted by molar-refractivity contribution is 0.478. The molecular weight excluding hydrogens is 200 g/mol. The van der Waals surface area contributed by atoms with E-state index in [1.54, 1.807) is 6.20 Å². The van der Waals surface area contributed by atoms with Gasteiger partial charge in [-0.25, -0.2) is 9.97 Å². The molecule has 16 heavy (non-hydrogen) atoms. The Morgan fingerprint density at radius 1 is 1.19 bits per heavy atom. The number of phenols is 1. The number of rotatable bonds is 1. The van der Waals surface area contributed by atoms with Crippen LogP contribution in [0, 0.1) is 0 Å². The van der Waals surface area contributed by atoms with Crippen LogP contribution in [0.3, 0.4) is 0 Å². The maximum Gasteiger partial charge on any atom is 0.142 e. The first kappa shape index (κ1) is 9.58. The summed E-state index contributed by atoms with van der Waals surface area (Å²) < 4.78 is 0. The molecule has 0 spiro atoms. The van der Waals surface area contributed by atoms with Gasteiger partial charge in [0.15, 0.2) is 0 Å². The van der Waals surface area contributed by atoms with Crippen LogP contribution in [0.5, 0.6) is 5.75 Å². The van der Waals surface area contributed by atoms with Crippen molar-refractivity contribution in [2.24, 2.45) is 0 Å². The Hall–Kier alpha value is -1.64. The fourth-order valence-electron chi connectivity index (χ4n) is 2.60. The van der Waals surface area contributed by atoms with Crippen molar-refractivity contribution in [3.8, 4) is 5.75 Å². The number of hydrogen-bond donors (Lipinski definition) is 1. The van der Waals surface area contributed by atoms with Gasteiger partial charge in [-0.05, 0) is 36.5 Å². The summed E-state index contributed by atoms with van der Waals surface area (Å²) in [6.07, 6.45) is 8.30. The van der Waals surface area contributed by atoms with Gasteiger partial charge in [-0.3, -0.25) is 0 Å². The quantitative estimate of drug-likeness (QED) is 0.793. The van der Waals surface area contributed by atoms with Crippen molar-refractivity contribution < 1.29 is 5.11 Å². The molecule has 1 aromatic heterocycles. The van der Waals surface area contributed by atoms with E-state index in [9.17, 15) is 5.11 Å². The van der Waals surface area contributed by atoms with Gasteiger partial charge in [0.2, 0.25) is 0 Å². The molecule has 1 saturated carbocycles. The third kappa shape index (κ3) is 1.52. The number of hydrogen-bond acceptors (Lipinski definition) is 3. The second-order valence-corrected chi connectivity index (χ2v) is 4.48. The van der Waals surface area contributed by atoms with Crippen LogP contribution in [0.25, 0.3) is 10.9 Å². The van der Waals surface area contributed by atoms with E-state index in [1.807, 2.05) is 6.07 Å². The van der Waals surface area contributed by atoms with E-state index in [1.165, 1.54) is 37.6 Å². The Balaban J connectivity index is 2.13. The Kier molecular flexibility index (Phi) is 2.24. The molecule has 1 aromatic carbocycles. The average molecular weight is 214 g/mol. The van der Waals surface area contributed by atoms with Gasteiger partial charge < -0.3 is 5.11 Å². The lowest BCUT2D eigenvalue weighted by Gasteiger charge is -2.11. The van der Waals surface area contributed by atoms with Crippen LogP contribution in [-0.2, 0) is 0 Å². The van der Waals surface area contributed by atoms with Crippen LogP contribution in [0.2, 0.25) is 0 Å². The minimum absolute atomic E-state index is 0.279. The molecule has 82 valence electrons. The molecule has 1 aliphatic rings. The van der Waals surface area contributed by atoms with Crippen LogP contribution in [-0.4, -0.2) is 15.1 Å². The Bertz CT molecular complexity index is 518. The zero-order valence-corrected chi connectivity index (χ0v) is 9.06. The summed E-state index contributed by atoms with van der Waals surface area (Å²) in [5.74, 6) is 0.886. The summed E-state index contributed by atoms with van der Waals surface area (Å²) in [7, 11) is 0. The number of fused-ring (bicyclic) bond motifs is 1. The van der Waals surface area contributed by atoms with Crippen molar-refractivity contribution in [3.63, 3.8) is 0 Å². The van der Waals surface area contributed by atoms with Crippen LogP contribution in [0.4, 0.5) is 0 Å². The number of aromatic hydroxyl groups is 1. The lowest BCUT2D eigenvalue weighted by Crippen LogP contribution is -1.93. The van der Waals surface area contributed by atoms with Crippen molar-refractivity contribution in [3.05, 3.63) is 30.2 Å². The van der Waals surface area contributed by atoms with Gasteiger partial charge in [-0.15, -0.1) is 0 Å². The van der Waals surface area contributed by atoms with Crippen molar-refractivity contribution in [2.75, 3.05) is 0 Å². The predicted molar refractivity (Wildman–Crippen MR) is 62.4 cm³/mol. The first-order valence-electron chi connectivity index (χ1n) is 5.77. The van der Waals surface area contributed by atoms with Crippen molar-refractivity contribution in [1.29, 1.82) is 0 Å². The van der Waals surface area contributed by atoms with Gasteiger partial charge in [-0.2, -0.15) is 0 Å². The van der Waals surface area contributed by atoms with Crippen molar-refractivity contribution >= 4 is 10.9 Å². The van der Waals surface area contributed by atoms with E-state index in [0.717, 1.165) is 5.39 Å². The first-order valence-corrected chi connectivity index (χ1v) is 5.77. The normalized spacial score (nSPS) is 17.0. The van der Waals surface area contributed by atoms with Gasteiger partial charge in [0.05, 0.1) is 0 Å². The standard InChI is InChI=1S/C13H14N2O/c16-12-6-10(9-3-1-2-4-9)5-11-7-14-8-15-13(11)12/h5-9,16H,1-4H2. The smallest absolute Gasteiger partial charge is 0.142 e. The number of phenolic OH excluding ortho intramolecular Hbond substituents is 1. The molecule has 3 rings (SSSR count). The van der Waals surface area contributed by atoms with Crippen molar-refractivity contribution in [1.82, 2.24) is 9.97 Å². The second kappa shape index (κ2) is 3.74. The van der Waals surface area contributed by atoms with E-state index in [4.69, 9.17) is 0 Å². The SMILES string of the molecule is Oc1cc(C2CCCC2)cc2cncnc12. The summed E-state index contributed by atoms with van der Waals surface area (Å²) in [4.78, 5) is 8.09. The van der Waals surface area contributed by atoms with E-state index < -0.39 is 0 Å². The molecule has 0 unspecified atom stereocenters. The topological polar surface area (TPSA) is 46.0 Å². The third-order valence-corrected chi connectivity index (χ3v) is 3.44. The van der Waals surface area contributed by atoms with E-state index in [0.29, 0.717) is 11.4 Å². The van der Waals surface area contributed by atoms with Gasteiger partial charge in [0.1, 0.15) is 17.6 Å². The number of nitrogens with zero attached hydrogens (tertiary/aromatic N) is 2. The van der Waals surface area contributed by atoms with Crippen LogP contribution in [0.1, 0.15) is 37.2 Å². The summed E-state index contributed by atoms with van der Waals surface area (Å²) in [6.45, 7) is 0. The summed E-state index contributed by atoms with van der Waals surface area (Å²) >= 11 is 0. The monoisotopic (exact) mass is 214 g/mol. The highest BCUT2D eigenvalue weighted by Crippen LogP contribution is 2.37. The Morgan fingerprint density at radius 2 is 2.00 bits per heavy atom. The highest BCUT2D eigenvalue weighted by Gasteiger charge is 2.18. The molecule has 2 aromatic rings.